The van der Waals surface area contributed by atoms with Gasteiger partial charge in [-0.25, -0.2) is 4.79 Å². The van der Waals surface area contributed by atoms with Crippen LogP contribution in [0.4, 0.5) is 0 Å². The van der Waals surface area contributed by atoms with Crippen molar-refractivity contribution in [3.63, 3.8) is 0 Å². The monoisotopic (exact) mass is 445 g/mol. The van der Waals surface area contributed by atoms with Gasteiger partial charge < -0.3 is 24.8 Å². The quantitative estimate of drug-likeness (QED) is 0.532. The molecule has 3 N–H and O–H groups in total. The number of rotatable bonds is 4. The molecule has 3 aliphatic heterocycles. The summed E-state index contributed by atoms with van der Waals surface area (Å²) in [6.45, 7) is 3.08. The minimum Gasteiger partial charge on any atom is -0.477 e. The number of amidine groups is 1. The molecule has 1 fully saturated rings. The highest BCUT2D eigenvalue weighted by Gasteiger charge is 2.56. The molecule has 3 aliphatic rings. The maximum absolute atomic E-state index is 12.7. The molecule has 0 bridgehead atoms. The van der Waals surface area contributed by atoms with Crippen LogP contribution in [-0.2, 0) is 9.59 Å². The molecule has 8 nitrogen and oxygen atoms in total. The van der Waals surface area contributed by atoms with Crippen LogP contribution in [0.1, 0.15) is 30.9 Å². The van der Waals surface area contributed by atoms with E-state index in [2.05, 4.69) is 10.3 Å². The van der Waals surface area contributed by atoms with Gasteiger partial charge in [0.1, 0.15) is 22.7 Å². The Hall–Kier alpha value is -3.65. The highest BCUT2D eigenvalue weighted by Crippen LogP contribution is 2.48. The van der Waals surface area contributed by atoms with E-state index in [1.54, 1.807) is 6.92 Å². The van der Waals surface area contributed by atoms with Gasteiger partial charge in [-0.05, 0) is 49.1 Å². The number of aliphatic carboxylic acids is 1. The van der Waals surface area contributed by atoms with Crippen LogP contribution in [-0.4, -0.2) is 58.1 Å². The number of hydrogen-bond donors (Lipinski definition) is 3. The Morgan fingerprint density at radius 3 is 2.82 bits per heavy atom. The van der Waals surface area contributed by atoms with Crippen molar-refractivity contribution >= 4 is 45.2 Å². The number of aliphatic hydroxyl groups excluding tert-OH is 1. The maximum atomic E-state index is 12.7. The van der Waals surface area contributed by atoms with E-state index < -0.39 is 18.0 Å². The summed E-state index contributed by atoms with van der Waals surface area (Å²) in [5.74, 6) is -1.34. The van der Waals surface area contributed by atoms with Crippen molar-refractivity contribution < 1.29 is 24.2 Å². The summed E-state index contributed by atoms with van der Waals surface area (Å²) in [6.07, 6.45) is 0.494. The zero-order chi connectivity index (χ0) is 22.9. The zero-order valence-electron chi connectivity index (χ0n) is 18.0. The molecular formula is C25H23N3O5. The largest absolute Gasteiger partial charge is 0.477 e. The third kappa shape index (κ3) is 2.83. The van der Waals surface area contributed by atoms with Gasteiger partial charge in [0.15, 0.2) is 0 Å². The molecule has 0 radical (unpaired) electrons. The average Bonchev–Trinajstić information content (AvgIpc) is 3.35. The van der Waals surface area contributed by atoms with Crippen LogP contribution in [0.5, 0.6) is 0 Å². The number of fused-ring (bicyclic) bond motifs is 4. The second kappa shape index (κ2) is 7.18. The van der Waals surface area contributed by atoms with Crippen LogP contribution >= 0.6 is 0 Å². The lowest BCUT2D eigenvalue weighted by atomic mass is 9.82. The van der Waals surface area contributed by atoms with Crippen LogP contribution in [0, 0.1) is 5.92 Å². The molecule has 0 spiro atoms. The van der Waals surface area contributed by atoms with E-state index in [1.807, 2.05) is 36.4 Å². The number of carboxylic acid groups (broad SMARTS) is 1. The summed E-state index contributed by atoms with van der Waals surface area (Å²) in [6, 6.07) is 11.2. The number of aliphatic imine (C=N–C) groups is 1. The van der Waals surface area contributed by atoms with E-state index in [-0.39, 0.29) is 17.6 Å². The standard InChI is InChI=1S/C25H23N3O5/c1-12(29)20-18-11-15(21(25(31)32)28(18)24(20)30)13-9-16-14-5-2-3-6-19(14)33-22(16)17(10-13)23-26-7-4-8-27-23/h2-3,5-6,9-10,12,18,20,29H,4,7-8,11H2,1H3,(H,26,27)(H,31,32)/t12-,18-,20-/m1/s1. The number of benzene rings is 2. The van der Waals surface area contributed by atoms with Gasteiger partial charge >= 0.3 is 5.97 Å². The number of carbonyl (C=O) groups is 2. The summed E-state index contributed by atoms with van der Waals surface area (Å²) in [7, 11) is 0. The number of carbonyl (C=O) groups excluding carboxylic acids is 1. The molecule has 8 heteroatoms. The predicted molar refractivity (Wildman–Crippen MR) is 123 cm³/mol. The van der Waals surface area contributed by atoms with Gasteiger partial charge in [-0.3, -0.25) is 9.79 Å². The fraction of sp³-hybridized carbons (Fsp3) is 0.320. The van der Waals surface area contributed by atoms with Gasteiger partial charge in [-0.1, -0.05) is 18.2 Å². The lowest BCUT2D eigenvalue weighted by Crippen LogP contribution is -2.61. The Kier molecular flexibility index (Phi) is 4.35. The van der Waals surface area contributed by atoms with E-state index in [0.29, 0.717) is 24.1 Å². The number of aliphatic hydroxyl groups is 1. The summed E-state index contributed by atoms with van der Waals surface area (Å²) < 4.78 is 6.20. The van der Waals surface area contributed by atoms with Gasteiger partial charge in [0.05, 0.1) is 23.6 Å². The Morgan fingerprint density at radius 2 is 2.09 bits per heavy atom. The van der Waals surface area contributed by atoms with E-state index >= 15 is 0 Å². The van der Waals surface area contributed by atoms with Crippen molar-refractivity contribution in [1.29, 1.82) is 0 Å². The van der Waals surface area contributed by atoms with Gasteiger partial charge in [0.25, 0.3) is 0 Å². The molecule has 3 atom stereocenters. The normalized spacial score (nSPS) is 23.4. The lowest BCUT2D eigenvalue weighted by Gasteiger charge is -2.44. The minimum absolute atomic E-state index is 0.00135. The number of nitrogens with zero attached hydrogens (tertiary/aromatic N) is 2. The Morgan fingerprint density at radius 1 is 1.27 bits per heavy atom. The second-order valence-corrected chi connectivity index (χ2v) is 8.89. The Bertz CT molecular complexity index is 1400. The van der Waals surface area contributed by atoms with Crippen molar-refractivity contribution in [2.24, 2.45) is 10.9 Å². The molecule has 168 valence electrons. The van der Waals surface area contributed by atoms with Crippen LogP contribution in [0.2, 0.25) is 0 Å². The third-order valence-electron chi connectivity index (χ3n) is 6.91. The molecule has 6 rings (SSSR count). The first-order chi connectivity index (χ1) is 16.0. The van der Waals surface area contributed by atoms with E-state index in [0.717, 1.165) is 46.3 Å². The van der Waals surface area contributed by atoms with Crippen molar-refractivity contribution in [1.82, 2.24) is 10.2 Å². The number of hydrogen-bond acceptors (Lipinski definition) is 6. The van der Waals surface area contributed by atoms with Crippen LogP contribution in [0.3, 0.4) is 0 Å². The van der Waals surface area contributed by atoms with Crippen molar-refractivity contribution in [3.05, 3.63) is 53.2 Å². The van der Waals surface area contributed by atoms with Crippen molar-refractivity contribution in [2.45, 2.75) is 31.9 Å². The van der Waals surface area contributed by atoms with Crippen molar-refractivity contribution in [2.75, 3.05) is 13.1 Å². The molecule has 1 saturated heterocycles. The van der Waals surface area contributed by atoms with E-state index in [9.17, 15) is 19.8 Å². The van der Waals surface area contributed by atoms with Crippen LogP contribution in [0.25, 0.3) is 27.5 Å². The predicted octanol–water partition coefficient (Wildman–Crippen LogP) is 2.73. The number of nitrogens with one attached hydrogen (secondary N) is 1. The molecule has 33 heavy (non-hydrogen) atoms. The van der Waals surface area contributed by atoms with Crippen molar-refractivity contribution in [3.8, 4) is 0 Å². The molecule has 2 aromatic carbocycles. The van der Waals surface area contributed by atoms with Gasteiger partial charge in [-0.2, -0.15) is 0 Å². The minimum atomic E-state index is -1.14. The Labute approximate surface area is 189 Å². The van der Waals surface area contributed by atoms with Crippen LogP contribution < -0.4 is 5.32 Å². The molecule has 0 saturated carbocycles. The third-order valence-corrected chi connectivity index (χ3v) is 6.91. The summed E-state index contributed by atoms with van der Waals surface area (Å²) in [5, 5.41) is 25.2. The average molecular weight is 445 g/mol. The molecule has 1 aromatic heterocycles. The second-order valence-electron chi connectivity index (χ2n) is 8.89. The fourth-order valence-corrected chi connectivity index (χ4v) is 5.42. The number of amides is 1. The number of β-lactam (4-membered cyclic amide) rings is 1. The summed E-state index contributed by atoms with van der Waals surface area (Å²) in [4.78, 5) is 30.9. The van der Waals surface area contributed by atoms with E-state index in [4.69, 9.17) is 4.42 Å². The van der Waals surface area contributed by atoms with E-state index in [1.165, 1.54) is 4.90 Å². The first kappa shape index (κ1) is 20.0. The lowest BCUT2D eigenvalue weighted by molar-refractivity contribution is -0.161. The highest BCUT2D eigenvalue weighted by atomic mass is 16.4. The van der Waals surface area contributed by atoms with Gasteiger partial charge in [-0.15, -0.1) is 0 Å². The molecule has 0 aliphatic carbocycles. The van der Waals surface area contributed by atoms with Gasteiger partial charge in [0.2, 0.25) is 5.91 Å². The summed E-state index contributed by atoms with van der Waals surface area (Å²) >= 11 is 0. The molecule has 1 amide bonds. The smallest absolute Gasteiger partial charge is 0.352 e. The number of carboxylic acids is 1. The first-order valence-corrected chi connectivity index (χ1v) is 11.2. The molecule has 4 heterocycles. The number of para-hydroxylation sites is 1. The maximum Gasteiger partial charge on any atom is 0.352 e. The van der Waals surface area contributed by atoms with Gasteiger partial charge in [0, 0.05) is 23.9 Å². The van der Waals surface area contributed by atoms with Crippen LogP contribution in [0.15, 0.2) is 51.5 Å². The Balaban J connectivity index is 1.59. The topological polar surface area (TPSA) is 115 Å². The highest BCUT2D eigenvalue weighted by molar-refractivity contribution is 6.16. The first-order valence-electron chi connectivity index (χ1n) is 11.2. The fourth-order valence-electron chi connectivity index (χ4n) is 5.42. The summed E-state index contributed by atoms with van der Waals surface area (Å²) in [5.41, 5.74) is 3.54. The zero-order valence-corrected chi connectivity index (χ0v) is 18.0. The SMILES string of the molecule is C[C@@H](O)[C@H]1C(=O)N2C(C(=O)O)=C(c3cc(C4=NCCCN4)c4oc5ccccc5c4c3)C[C@H]12. The molecule has 0 unspecified atom stereocenters. The molecule has 3 aromatic rings. The molecular weight excluding hydrogens is 422 g/mol. The number of furan rings is 1.